The Balaban J connectivity index is 2.10. The molecule has 2 rings (SSSR count). The van der Waals surface area contributed by atoms with Gasteiger partial charge in [-0.25, -0.2) is 4.39 Å². The molecule has 0 radical (unpaired) electrons. The third-order valence-electron chi connectivity index (χ3n) is 2.49. The molecule has 2 N–H and O–H groups in total. The van der Waals surface area contributed by atoms with Crippen molar-refractivity contribution >= 4 is 23.2 Å². The van der Waals surface area contributed by atoms with Crippen molar-refractivity contribution in [1.29, 1.82) is 0 Å². The molecule has 0 saturated carbocycles. The van der Waals surface area contributed by atoms with E-state index in [4.69, 9.17) is 11.6 Å². The number of benzene rings is 1. The second-order valence-corrected chi connectivity index (χ2v) is 4.22. The van der Waals surface area contributed by atoms with E-state index in [0.29, 0.717) is 17.3 Å². The predicted octanol–water partition coefficient (Wildman–Crippen LogP) is 2.17. The number of anilines is 1. The SMILES string of the molecule is O=C1NCCCC1Nc1cc(F)cc(Cl)c1. The Morgan fingerprint density at radius 2 is 2.25 bits per heavy atom. The summed E-state index contributed by atoms with van der Waals surface area (Å²) >= 11 is 5.72. The lowest BCUT2D eigenvalue weighted by Crippen LogP contribution is -2.44. The minimum absolute atomic E-state index is 0.0494. The molecule has 3 nitrogen and oxygen atoms in total. The van der Waals surface area contributed by atoms with Crippen LogP contribution in [0, 0.1) is 5.82 Å². The second-order valence-electron chi connectivity index (χ2n) is 3.79. The second kappa shape index (κ2) is 4.70. The van der Waals surface area contributed by atoms with Gasteiger partial charge in [0, 0.05) is 17.3 Å². The van der Waals surface area contributed by atoms with Gasteiger partial charge in [-0.05, 0) is 31.0 Å². The fraction of sp³-hybridized carbons (Fsp3) is 0.364. The molecule has 0 aromatic heterocycles. The van der Waals surface area contributed by atoms with Crippen molar-refractivity contribution in [2.75, 3.05) is 11.9 Å². The highest BCUT2D eigenvalue weighted by Crippen LogP contribution is 2.20. The molecule has 1 unspecified atom stereocenters. The lowest BCUT2D eigenvalue weighted by molar-refractivity contribution is -0.123. The molecule has 1 saturated heterocycles. The van der Waals surface area contributed by atoms with E-state index in [0.717, 1.165) is 12.8 Å². The summed E-state index contributed by atoms with van der Waals surface area (Å²) in [5.41, 5.74) is 0.534. The van der Waals surface area contributed by atoms with E-state index in [9.17, 15) is 9.18 Å². The summed E-state index contributed by atoms with van der Waals surface area (Å²) in [6, 6.07) is 3.86. The fourth-order valence-electron chi connectivity index (χ4n) is 1.75. The van der Waals surface area contributed by atoms with Gasteiger partial charge in [-0.2, -0.15) is 0 Å². The number of rotatable bonds is 2. The van der Waals surface area contributed by atoms with Crippen molar-refractivity contribution in [1.82, 2.24) is 5.32 Å². The Morgan fingerprint density at radius 3 is 2.94 bits per heavy atom. The topological polar surface area (TPSA) is 41.1 Å². The van der Waals surface area contributed by atoms with Crippen molar-refractivity contribution in [3.8, 4) is 0 Å². The molecule has 0 bridgehead atoms. The Bertz CT molecular complexity index is 391. The summed E-state index contributed by atoms with van der Waals surface area (Å²) in [6.07, 6.45) is 1.67. The molecule has 1 aromatic rings. The molecule has 16 heavy (non-hydrogen) atoms. The summed E-state index contributed by atoms with van der Waals surface area (Å²) in [5, 5.41) is 6.05. The third kappa shape index (κ3) is 2.64. The molecular formula is C11H12ClFN2O. The van der Waals surface area contributed by atoms with E-state index in [1.807, 2.05) is 0 Å². The van der Waals surface area contributed by atoms with Crippen LogP contribution in [0.5, 0.6) is 0 Å². The maximum atomic E-state index is 13.1. The van der Waals surface area contributed by atoms with Crippen molar-refractivity contribution in [2.24, 2.45) is 0 Å². The summed E-state index contributed by atoms with van der Waals surface area (Å²) in [6.45, 7) is 0.709. The van der Waals surface area contributed by atoms with Gasteiger partial charge in [0.05, 0.1) is 0 Å². The highest BCUT2D eigenvalue weighted by Gasteiger charge is 2.21. The lowest BCUT2D eigenvalue weighted by Gasteiger charge is -2.23. The molecule has 1 fully saturated rings. The van der Waals surface area contributed by atoms with Gasteiger partial charge in [0.15, 0.2) is 0 Å². The highest BCUT2D eigenvalue weighted by molar-refractivity contribution is 6.30. The van der Waals surface area contributed by atoms with Crippen LogP contribution in [0.25, 0.3) is 0 Å². The smallest absolute Gasteiger partial charge is 0.242 e. The normalized spacial score (nSPS) is 20.4. The highest BCUT2D eigenvalue weighted by atomic mass is 35.5. The third-order valence-corrected chi connectivity index (χ3v) is 2.71. The Kier molecular flexibility index (Phi) is 3.29. The van der Waals surface area contributed by atoms with Crippen LogP contribution in [0.3, 0.4) is 0 Å². The number of nitrogens with one attached hydrogen (secondary N) is 2. The number of hydrogen-bond donors (Lipinski definition) is 2. The molecular weight excluding hydrogens is 231 g/mol. The van der Waals surface area contributed by atoms with Crippen molar-refractivity contribution < 1.29 is 9.18 Å². The van der Waals surface area contributed by atoms with Crippen molar-refractivity contribution in [2.45, 2.75) is 18.9 Å². The average molecular weight is 243 g/mol. The molecule has 0 spiro atoms. The number of piperidine rings is 1. The van der Waals surface area contributed by atoms with Gasteiger partial charge in [-0.15, -0.1) is 0 Å². The summed E-state index contributed by atoms with van der Waals surface area (Å²) < 4.78 is 13.1. The zero-order chi connectivity index (χ0) is 11.5. The number of hydrogen-bond acceptors (Lipinski definition) is 2. The number of carbonyl (C=O) groups excluding carboxylic acids is 1. The van der Waals surface area contributed by atoms with Crippen LogP contribution in [-0.4, -0.2) is 18.5 Å². The molecule has 5 heteroatoms. The number of amides is 1. The molecule has 1 heterocycles. The van der Waals surface area contributed by atoms with Crippen LogP contribution in [0.1, 0.15) is 12.8 Å². The van der Waals surface area contributed by atoms with E-state index in [1.54, 1.807) is 6.07 Å². The molecule has 0 aliphatic carbocycles. The summed E-state index contributed by atoms with van der Waals surface area (Å²) in [7, 11) is 0. The minimum Gasteiger partial charge on any atom is -0.374 e. The molecule has 1 aromatic carbocycles. The molecule has 1 aliphatic heterocycles. The maximum absolute atomic E-state index is 13.1. The summed E-state index contributed by atoms with van der Waals surface area (Å²) in [4.78, 5) is 11.5. The first-order chi connectivity index (χ1) is 7.65. The van der Waals surface area contributed by atoms with Crippen LogP contribution in [0.15, 0.2) is 18.2 Å². The first kappa shape index (κ1) is 11.2. The first-order valence-corrected chi connectivity index (χ1v) is 5.53. The predicted molar refractivity (Wildman–Crippen MR) is 61.1 cm³/mol. The number of halogens is 2. The van der Waals surface area contributed by atoms with Gasteiger partial charge in [-0.1, -0.05) is 11.6 Å². The minimum atomic E-state index is -0.411. The van der Waals surface area contributed by atoms with E-state index in [-0.39, 0.29) is 11.9 Å². The van der Waals surface area contributed by atoms with E-state index in [1.165, 1.54) is 12.1 Å². The van der Waals surface area contributed by atoms with Crippen LogP contribution in [0.2, 0.25) is 5.02 Å². The van der Waals surface area contributed by atoms with Crippen LogP contribution in [0.4, 0.5) is 10.1 Å². The van der Waals surface area contributed by atoms with Gasteiger partial charge >= 0.3 is 0 Å². The number of carbonyl (C=O) groups is 1. The Hall–Kier alpha value is -1.29. The van der Waals surface area contributed by atoms with Gasteiger partial charge in [-0.3, -0.25) is 4.79 Å². The lowest BCUT2D eigenvalue weighted by atomic mass is 10.1. The Labute approximate surface area is 98.0 Å². The fourth-order valence-corrected chi connectivity index (χ4v) is 1.97. The molecule has 1 atom stereocenters. The van der Waals surface area contributed by atoms with Crippen LogP contribution < -0.4 is 10.6 Å². The molecule has 86 valence electrons. The van der Waals surface area contributed by atoms with Gasteiger partial charge < -0.3 is 10.6 Å². The van der Waals surface area contributed by atoms with Crippen molar-refractivity contribution in [3.05, 3.63) is 29.0 Å². The quantitative estimate of drug-likeness (QED) is 0.835. The van der Waals surface area contributed by atoms with E-state index < -0.39 is 5.82 Å². The van der Waals surface area contributed by atoms with Gasteiger partial charge in [0.2, 0.25) is 5.91 Å². The summed E-state index contributed by atoms with van der Waals surface area (Å²) in [5.74, 6) is -0.460. The van der Waals surface area contributed by atoms with Gasteiger partial charge in [0.25, 0.3) is 0 Å². The van der Waals surface area contributed by atoms with E-state index >= 15 is 0 Å². The standard InChI is InChI=1S/C11H12ClFN2O/c12-7-4-8(13)6-9(5-7)15-10-2-1-3-14-11(10)16/h4-6,10,15H,1-3H2,(H,14,16). The largest absolute Gasteiger partial charge is 0.374 e. The Morgan fingerprint density at radius 1 is 1.44 bits per heavy atom. The maximum Gasteiger partial charge on any atom is 0.242 e. The monoisotopic (exact) mass is 242 g/mol. The molecule has 1 aliphatic rings. The average Bonchev–Trinajstić information content (AvgIpc) is 2.20. The van der Waals surface area contributed by atoms with E-state index in [2.05, 4.69) is 10.6 Å². The van der Waals surface area contributed by atoms with Gasteiger partial charge in [0.1, 0.15) is 11.9 Å². The zero-order valence-corrected chi connectivity index (χ0v) is 9.35. The first-order valence-electron chi connectivity index (χ1n) is 5.15. The van der Waals surface area contributed by atoms with Crippen molar-refractivity contribution in [3.63, 3.8) is 0 Å². The molecule has 1 amide bonds. The zero-order valence-electron chi connectivity index (χ0n) is 8.59. The van der Waals surface area contributed by atoms with Crippen LogP contribution in [-0.2, 0) is 4.79 Å². The van der Waals surface area contributed by atoms with Crippen LogP contribution >= 0.6 is 11.6 Å².